The molecule has 0 spiro atoms. The molecule has 0 radical (unpaired) electrons. The number of carbonyl (C=O) groups excluding carboxylic acids is 1. The van der Waals surface area contributed by atoms with Crippen molar-refractivity contribution >= 4 is 16.3 Å². The topological polar surface area (TPSA) is 121 Å². The van der Waals surface area contributed by atoms with Gasteiger partial charge in [-0.25, -0.2) is 9.52 Å². The van der Waals surface area contributed by atoms with Crippen LogP contribution in [0.15, 0.2) is 42.5 Å². The summed E-state index contributed by atoms with van der Waals surface area (Å²) in [5.74, 6) is 2.71. The molecule has 0 aliphatic heterocycles. The molecule has 1 saturated carbocycles. The summed E-state index contributed by atoms with van der Waals surface area (Å²) in [7, 11) is -0.877. The SMILES string of the molecule is COCCOc1ccc(CCCOC(=O)NS(=O)(=O)NCCc2ccccc2OC)c(OCC2CC2)c1. The number of para-hydroxylation sites is 1. The Hall–Kier alpha value is -3.02. The maximum Gasteiger partial charge on any atom is 0.421 e. The van der Waals surface area contributed by atoms with Gasteiger partial charge in [0.05, 0.1) is 26.9 Å². The van der Waals surface area contributed by atoms with Crippen LogP contribution in [0.1, 0.15) is 30.4 Å². The number of ether oxygens (including phenoxy) is 5. The summed E-state index contributed by atoms with van der Waals surface area (Å²) >= 11 is 0. The summed E-state index contributed by atoms with van der Waals surface area (Å²) in [4.78, 5) is 12.0. The summed E-state index contributed by atoms with van der Waals surface area (Å²) < 4.78 is 55.5. The highest BCUT2D eigenvalue weighted by molar-refractivity contribution is 7.88. The molecule has 0 aromatic heterocycles. The molecule has 3 rings (SSSR count). The number of hydrogen-bond donors (Lipinski definition) is 2. The van der Waals surface area contributed by atoms with Gasteiger partial charge in [0.2, 0.25) is 0 Å². The van der Waals surface area contributed by atoms with Gasteiger partial charge in [-0.1, -0.05) is 24.3 Å². The molecule has 0 bridgehead atoms. The molecular weight excluding hydrogens is 500 g/mol. The lowest BCUT2D eigenvalue weighted by Crippen LogP contribution is -2.41. The van der Waals surface area contributed by atoms with Crippen LogP contribution in [-0.2, 0) is 32.5 Å². The van der Waals surface area contributed by atoms with Crippen molar-refractivity contribution in [1.82, 2.24) is 9.44 Å². The minimum atomic E-state index is -4.05. The van der Waals surface area contributed by atoms with Crippen LogP contribution in [0.4, 0.5) is 4.79 Å². The van der Waals surface area contributed by atoms with Gasteiger partial charge in [-0.2, -0.15) is 13.1 Å². The Labute approximate surface area is 218 Å². The summed E-state index contributed by atoms with van der Waals surface area (Å²) in [6.45, 7) is 1.75. The second kappa shape index (κ2) is 14.7. The molecule has 10 nitrogen and oxygen atoms in total. The number of nitrogens with one attached hydrogen (secondary N) is 2. The Kier molecular flexibility index (Phi) is 11.3. The zero-order valence-corrected chi connectivity index (χ0v) is 22.2. The first-order chi connectivity index (χ1) is 17.9. The quantitative estimate of drug-likeness (QED) is 0.296. The molecule has 11 heteroatoms. The molecule has 1 aliphatic rings. The Bertz CT molecular complexity index is 1110. The minimum Gasteiger partial charge on any atom is -0.496 e. The standard InChI is InChI=1S/C26H36N2O8S/c1-32-16-17-34-23-12-11-21(25(18-23)36-19-20-9-10-20)7-5-15-35-26(29)28-37(30,31)27-14-13-22-6-3-4-8-24(22)33-2/h3-4,6,8,11-12,18,20,27H,5,7,9-10,13-17,19H2,1-2H3,(H,28,29). The number of aryl methyl sites for hydroxylation is 1. The van der Waals surface area contributed by atoms with Crippen LogP contribution in [-0.4, -0.2) is 61.7 Å². The van der Waals surface area contributed by atoms with Crippen molar-refractivity contribution < 1.29 is 36.9 Å². The van der Waals surface area contributed by atoms with Crippen LogP contribution < -0.4 is 23.7 Å². The number of carbonyl (C=O) groups is 1. The van der Waals surface area contributed by atoms with Gasteiger partial charge in [-0.05, 0) is 61.3 Å². The van der Waals surface area contributed by atoms with E-state index in [4.69, 9.17) is 23.7 Å². The van der Waals surface area contributed by atoms with Crippen LogP contribution in [0.25, 0.3) is 0 Å². The van der Waals surface area contributed by atoms with Gasteiger partial charge in [0.25, 0.3) is 0 Å². The minimum absolute atomic E-state index is 0.0523. The van der Waals surface area contributed by atoms with Gasteiger partial charge >= 0.3 is 16.3 Å². The fourth-order valence-electron chi connectivity index (χ4n) is 3.53. The first kappa shape index (κ1) is 28.5. The molecule has 1 fully saturated rings. The van der Waals surface area contributed by atoms with E-state index in [0.717, 1.165) is 16.9 Å². The van der Waals surface area contributed by atoms with Crippen molar-refractivity contribution in [2.75, 3.05) is 47.2 Å². The van der Waals surface area contributed by atoms with Crippen molar-refractivity contribution in [2.24, 2.45) is 5.92 Å². The van der Waals surface area contributed by atoms with Crippen LogP contribution >= 0.6 is 0 Å². The van der Waals surface area contributed by atoms with E-state index in [-0.39, 0.29) is 13.2 Å². The third-order valence-corrected chi connectivity index (χ3v) is 6.71. The highest BCUT2D eigenvalue weighted by Gasteiger charge is 2.22. The molecule has 0 atom stereocenters. The molecule has 37 heavy (non-hydrogen) atoms. The van der Waals surface area contributed by atoms with Gasteiger partial charge < -0.3 is 23.7 Å². The molecule has 2 N–H and O–H groups in total. The van der Waals surface area contributed by atoms with E-state index < -0.39 is 16.3 Å². The highest BCUT2D eigenvalue weighted by atomic mass is 32.2. The van der Waals surface area contributed by atoms with Gasteiger partial charge in [-0.3, -0.25) is 0 Å². The van der Waals surface area contributed by atoms with Crippen molar-refractivity contribution in [3.63, 3.8) is 0 Å². The monoisotopic (exact) mass is 536 g/mol. The number of rotatable bonds is 17. The average molecular weight is 537 g/mol. The Balaban J connectivity index is 1.40. The summed E-state index contributed by atoms with van der Waals surface area (Å²) in [5.41, 5.74) is 1.82. The van der Waals surface area contributed by atoms with Gasteiger partial charge in [-0.15, -0.1) is 0 Å². The smallest absolute Gasteiger partial charge is 0.421 e. The summed E-state index contributed by atoms with van der Waals surface area (Å²) in [6.07, 6.45) is 2.83. The molecule has 204 valence electrons. The maximum atomic E-state index is 12.2. The lowest BCUT2D eigenvalue weighted by molar-refractivity contribution is 0.146. The van der Waals surface area contributed by atoms with Gasteiger partial charge in [0, 0.05) is 19.7 Å². The third kappa shape index (κ3) is 10.5. The first-order valence-corrected chi connectivity index (χ1v) is 13.8. The van der Waals surface area contributed by atoms with E-state index in [1.165, 1.54) is 12.8 Å². The molecule has 0 saturated heterocycles. The zero-order valence-electron chi connectivity index (χ0n) is 21.4. The number of methoxy groups -OCH3 is 2. The predicted molar refractivity (Wildman–Crippen MR) is 138 cm³/mol. The fraction of sp³-hybridized carbons (Fsp3) is 0.500. The largest absolute Gasteiger partial charge is 0.496 e. The van der Waals surface area contributed by atoms with E-state index in [1.807, 2.05) is 41.1 Å². The van der Waals surface area contributed by atoms with Crippen molar-refractivity contribution in [3.8, 4) is 17.2 Å². The summed E-state index contributed by atoms with van der Waals surface area (Å²) in [6, 6.07) is 13.0. The van der Waals surface area contributed by atoms with Gasteiger partial charge in [0.15, 0.2) is 0 Å². The Morgan fingerprint density at radius 3 is 2.49 bits per heavy atom. The van der Waals surface area contributed by atoms with Crippen LogP contribution in [0.2, 0.25) is 0 Å². The second-order valence-electron chi connectivity index (χ2n) is 8.67. The molecule has 2 aromatic carbocycles. The van der Waals surface area contributed by atoms with Crippen LogP contribution in [0.5, 0.6) is 17.2 Å². The normalized spacial score (nSPS) is 13.1. The highest BCUT2D eigenvalue weighted by Crippen LogP contribution is 2.32. The first-order valence-electron chi connectivity index (χ1n) is 12.3. The van der Waals surface area contributed by atoms with E-state index in [2.05, 4.69) is 4.72 Å². The van der Waals surface area contributed by atoms with Crippen LogP contribution in [0.3, 0.4) is 0 Å². The molecule has 1 aliphatic carbocycles. The molecule has 0 unspecified atom stereocenters. The Morgan fingerprint density at radius 1 is 0.946 bits per heavy atom. The van der Waals surface area contributed by atoms with E-state index in [1.54, 1.807) is 20.3 Å². The fourth-order valence-corrected chi connectivity index (χ4v) is 4.25. The van der Waals surface area contributed by atoms with E-state index in [9.17, 15) is 13.2 Å². The molecule has 0 heterocycles. The Morgan fingerprint density at radius 2 is 1.73 bits per heavy atom. The maximum absolute atomic E-state index is 12.2. The summed E-state index contributed by atoms with van der Waals surface area (Å²) in [5, 5.41) is 0. The zero-order chi connectivity index (χ0) is 26.5. The van der Waals surface area contributed by atoms with Crippen molar-refractivity contribution in [3.05, 3.63) is 53.6 Å². The lowest BCUT2D eigenvalue weighted by atomic mass is 10.1. The number of benzene rings is 2. The van der Waals surface area contributed by atoms with E-state index >= 15 is 0 Å². The molecule has 1 amide bonds. The second-order valence-corrected chi connectivity index (χ2v) is 10.2. The molecular formula is C26H36N2O8S. The average Bonchev–Trinajstić information content (AvgIpc) is 3.71. The van der Waals surface area contributed by atoms with Gasteiger partial charge in [0.1, 0.15) is 23.9 Å². The van der Waals surface area contributed by atoms with Crippen molar-refractivity contribution in [2.45, 2.75) is 32.1 Å². The number of hydrogen-bond acceptors (Lipinski definition) is 8. The van der Waals surface area contributed by atoms with Crippen LogP contribution in [0, 0.1) is 5.92 Å². The molecule has 2 aromatic rings. The third-order valence-electron chi connectivity index (χ3n) is 5.69. The van der Waals surface area contributed by atoms with Crippen molar-refractivity contribution in [1.29, 1.82) is 0 Å². The van der Waals surface area contributed by atoms with E-state index in [0.29, 0.717) is 56.5 Å². The lowest BCUT2D eigenvalue weighted by Gasteiger charge is -2.14. The number of amides is 1. The predicted octanol–water partition coefficient (Wildman–Crippen LogP) is 3.25.